The molecule has 1 amide bonds. The van der Waals surface area contributed by atoms with Crippen LogP contribution in [0.1, 0.15) is 42.6 Å². The van der Waals surface area contributed by atoms with Crippen LogP contribution in [-0.2, 0) is 11.2 Å². The first-order valence-corrected chi connectivity index (χ1v) is 7.09. The van der Waals surface area contributed by atoms with E-state index in [1.54, 1.807) is 24.3 Å². The number of carbonyl (C=O) groups is 2. The first-order valence-electron chi connectivity index (χ1n) is 7.09. The van der Waals surface area contributed by atoms with Crippen LogP contribution in [0.25, 0.3) is 0 Å². The van der Waals surface area contributed by atoms with Crippen LogP contribution in [0, 0.1) is 5.92 Å². The number of hydrogen-bond donors (Lipinski definition) is 1. The van der Waals surface area contributed by atoms with E-state index in [1.165, 1.54) is 0 Å². The van der Waals surface area contributed by atoms with Crippen molar-refractivity contribution in [1.82, 2.24) is 4.90 Å². The molecule has 20 heavy (non-hydrogen) atoms. The maximum atomic E-state index is 12.4. The zero-order chi connectivity index (χ0) is 14.7. The number of carboxylic acid groups (broad SMARTS) is 1. The van der Waals surface area contributed by atoms with Crippen molar-refractivity contribution in [2.75, 3.05) is 6.54 Å². The molecule has 0 saturated heterocycles. The second-order valence-electron chi connectivity index (χ2n) is 5.81. The second kappa shape index (κ2) is 6.07. The van der Waals surface area contributed by atoms with Crippen LogP contribution >= 0.6 is 0 Å². The summed E-state index contributed by atoms with van der Waals surface area (Å²) in [6.07, 6.45) is 2.31. The van der Waals surface area contributed by atoms with E-state index < -0.39 is 5.97 Å². The first kappa shape index (κ1) is 14.6. The van der Waals surface area contributed by atoms with E-state index >= 15 is 0 Å². The molecule has 0 spiro atoms. The number of rotatable bonds is 6. The van der Waals surface area contributed by atoms with Crippen molar-refractivity contribution >= 4 is 11.9 Å². The molecule has 0 atom stereocenters. The van der Waals surface area contributed by atoms with Gasteiger partial charge in [-0.05, 0) is 30.4 Å². The lowest BCUT2D eigenvalue weighted by atomic mass is 10.0. The Balaban J connectivity index is 2.12. The summed E-state index contributed by atoms with van der Waals surface area (Å²) < 4.78 is 0. The number of aromatic carboxylic acids is 1. The lowest BCUT2D eigenvalue weighted by Crippen LogP contribution is -2.37. The van der Waals surface area contributed by atoms with Gasteiger partial charge in [0.1, 0.15) is 0 Å². The summed E-state index contributed by atoms with van der Waals surface area (Å²) in [7, 11) is 0. The molecule has 1 aromatic carbocycles. The minimum Gasteiger partial charge on any atom is -0.478 e. The highest BCUT2D eigenvalue weighted by Gasteiger charge is 2.32. The largest absolute Gasteiger partial charge is 0.478 e. The van der Waals surface area contributed by atoms with Gasteiger partial charge in [-0.2, -0.15) is 0 Å². The molecule has 1 aliphatic rings. The predicted molar refractivity (Wildman–Crippen MR) is 76.7 cm³/mol. The minimum atomic E-state index is -0.977. The third kappa shape index (κ3) is 3.59. The monoisotopic (exact) mass is 275 g/mol. The minimum absolute atomic E-state index is 0.0369. The van der Waals surface area contributed by atoms with Crippen molar-refractivity contribution in [1.29, 1.82) is 0 Å². The van der Waals surface area contributed by atoms with E-state index in [0.29, 0.717) is 17.5 Å². The van der Waals surface area contributed by atoms with Crippen LogP contribution in [-0.4, -0.2) is 34.5 Å². The van der Waals surface area contributed by atoms with E-state index in [0.717, 1.165) is 19.4 Å². The highest BCUT2D eigenvalue weighted by atomic mass is 16.4. The molecular weight excluding hydrogens is 254 g/mol. The van der Waals surface area contributed by atoms with Gasteiger partial charge in [-0.3, -0.25) is 4.79 Å². The topological polar surface area (TPSA) is 57.6 Å². The molecule has 1 saturated carbocycles. The number of carbonyl (C=O) groups excluding carboxylic acids is 1. The van der Waals surface area contributed by atoms with Crippen molar-refractivity contribution < 1.29 is 14.7 Å². The van der Waals surface area contributed by atoms with Crippen LogP contribution in [0.4, 0.5) is 0 Å². The number of nitrogens with zero attached hydrogens (tertiary/aromatic N) is 1. The van der Waals surface area contributed by atoms with E-state index in [1.807, 2.05) is 4.90 Å². The lowest BCUT2D eigenvalue weighted by Gasteiger charge is -2.24. The van der Waals surface area contributed by atoms with Gasteiger partial charge in [0.2, 0.25) is 5.91 Å². The Hall–Kier alpha value is -1.84. The zero-order valence-electron chi connectivity index (χ0n) is 12.0. The fraction of sp³-hybridized carbons (Fsp3) is 0.500. The van der Waals surface area contributed by atoms with E-state index in [-0.39, 0.29) is 17.9 Å². The normalized spacial score (nSPS) is 14.3. The summed E-state index contributed by atoms with van der Waals surface area (Å²) >= 11 is 0. The maximum absolute atomic E-state index is 12.4. The van der Waals surface area contributed by atoms with Gasteiger partial charge in [0, 0.05) is 12.6 Å². The standard InChI is InChI=1S/C16H21NO3/c1-11(2)10-17(13-7-8-13)15(18)9-12-5-3-4-6-14(12)16(19)20/h3-6,11,13H,7-10H2,1-2H3,(H,19,20). The van der Waals surface area contributed by atoms with Crippen molar-refractivity contribution in [2.24, 2.45) is 5.92 Å². The van der Waals surface area contributed by atoms with Gasteiger partial charge in [-0.15, -0.1) is 0 Å². The molecule has 0 unspecified atom stereocenters. The lowest BCUT2D eigenvalue weighted by molar-refractivity contribution is -0.131. The van der Waals surface area contributed by atoms with Crippen molar-refractivity contribution in [3.63, 3.8) is 0 Å². The van der Waals surface area contributed by atoms with Crippen LogP contribution in [0.2, 0.25) is 0 Å². The fourth-order valence-corrected chi connectivity index (χ4v) is 2.38. The number of hydrogen-bond acceptors (Lipinski definition) is 2. The number of amides is 1. The van der Waals surface area contributed by atoms with Crippen molar-refractivity contribution in [2.45, 2.75) is 39.2 Å². The van der Waals surface area contributed by atoms with Gasteiger partial charge in [-0.1, -0.05) is 32.0 Å². The fourth-order valence-electron chi connectivity index (χ4n) is 2.38. The van der Waals surface area contributed by atoms with Crippen LogP contribution in [0.3, 0.4) is 0 Å². The molecule has 4 heteroatoms. The number of carboxylic acids is 1. The molecule has 0 bridgehead atoms. The van der Waals surface area contributed by atoms with Crippen molar-refractivity contribution in [3.8, 4) is 0 Å². The molecule has 1 N–H and O–H groups in total. The molecule has 1 fully saturated rings. The van der Waals surface area contributed by atoms with E-state index in [9.17, 15) is 9.59 Å². The van der Waals surface area contributed by atoms with Gasteiger partial charge in [0.15, 0.2) is 0 Å². The van der Waals surface area contributed by atoms with Gasteiger partial charge in [-0.25, -0.2) is 4.79 Å². The quantitative estimate of drug-likeness (QED) is 0.868. The Kier molecular flexibility index (Phi) is 4.42. The molecule has 108 valence electrons. The number of benzene rings is 1. The Morgan fingerprint density at radius 1 is 1.30 bits per heavy atom. The van der Waals surface area contributed by atoms with Crippen molar-refractivity contribution in [3.05, 3.63) is 35.4 Å². The maximum Gasteiger partial charge on any atom is 0.335 e. The Labute approximate surface area is 119 Å². The Morgan fingerprint density at radius 3 is 2.50 bits per heavy atom. The Bertz CT molecular complexity index is 506. The van der Waals surface area contributed by atoms with Crippen LogP contribution < -0.4 is 0 Å². The third-order valence-electron chi connectivity index (χ3n) is 3.46. The average molecular weight is 275 g/mol. The van der Waals surface area contributed by atoms with Gasteiger partial charge in [0.05, 0.1) is 12.0 Å². The van der Waals surface area contributed by atoms with E-state index in [2.05, 4.69) is 13.8 Å². The molecule has 0 aliphatic heterocycles. The van der Waals surface area contributed by atoms with E-state index in [4.69, 9.17) is 5.11 Å². The molecule has 1 aromatic rings. The van der Waals surface area contributed by atoms with Gasteiger partial charge in [0.25, 0.3) is 0 Å². The summed E-state index contributed by atoms with van der Waals surface area (Å²) in [5.74, 6) is -0.514. The third-order valence-corrected chi connectivity index (χ3v) is 3.46. The van der Waals surface area contributed by atoms with Gasteiger partial charge >= 0.3 is 5.97 Å². The highest BCUT2D eigenvalue weighted by molar-refractivity contribution is 5.91. The molecular formula is C16H21NO3. The summed E-state index contributed by atoms with van der Waals surface area (Å²) in [4.78, 5) is 25.5. The SMILES string of the molecule is CC(C)CN(C(=O)Cc1ccccc1C(=O)O)C1CC1. The molecule has 1 aliphatic carbocycles. The average Bonchev–Trinajstić information content (AvgIpc) is 3.20. The van der Waals surface area contributed by atoms with Gasteiger partial charge < -0.3 is 10.0 Å². The smallest absolute Gasteiger partial charge is 0.335 e. The predicted octanol–water partition coefficient (Wildman–Crippen LogP) is 2.57. The Morgan fingerprint density at radius 2 is 1.95 bits per heavy atom. The molecule has 0 aromatic heterocycles. The molecule has 4 nitrogen and oxygen atoms in total. The molecule has 0 radical (unpaired) electrons. The summed E-state index contributed by atoms with van der Waals surface area (Å²) in [5.41, 5.74) is 0.820. The highest BCUT2D eigenvalue weighted by Crippen LogP contribution is 2.28. The zero-order valence-corrected chi connectivity index (χ0v) is 12.0. The first-order chi connectivity index (χ1) is 9.49. The molecule has 2 rings (SSSR count). The summed E-state index contributed by atoms with van der Waals surface area (Å²) in [6, 6.07) is 7.10. The molecule has 0 heterocycles. The summed E-state index contributed by atoms with van der Waals surface area (Å²) in [6.45, 7) is 4.93. The van der Waals surface area contributed by atoms with Crippen LogP contribution in [0.15, 0.2) is 24.3 Å². The van der Waals surface area contributed by atoms with Crippen LogP contribution in [0.5, 0.6) is 0 Å². The second-order valence-corrected chi connectivity index (χ2v) is 5.81. The summed E-state index contributed by atoms with van der Waals surface area (Å²) in [5, 5.41) is 9.16.